The fraction of sp³-hybridized carbons (Fsp3) is 0.158. The van der Waals surface area contributed by atoms with Crippen LogP contribution in [0.5, 0.6) is 0 Å². The number of halogens is 2. The molecule has 0 bridgehead atoms. The van der Waals surface area contributed by atoms with Crippen LogP contribution in [0.1, 0.15) is 15.2 Å². The number of esters is 1. The van der Waals surface area contributed by atoms with Crippen LogP contribution < -0.4 is 5.32 Å². The van der Waals surface area contributed by atoms with Gasteiger partial charge < -0.3 is 10.1 Å². The summed E-state index contributed by atoms with van der Waals surface area (Å²) < 4.78 is 32.7. The number of nitrogens with one attached hydrogen (secondary N) is 1. The molecule has 134 valence electrons. The fourth-order valence-electron chi connectivity index (χ4n) is 2.42. The summed E-state index contributed by atoms with van der Waals surface area (Å²) >= 11 is 1.10. The van der Waals surface area contributed by atoms with Crippen molar-refractivity contribution in [1.29, 1.82) is 0 Å². The molecule has 0 aliphatic heterocycles. The lowest BCUT2D eigenvalue weighted by molar-refractivity contribution is -0.124. The number of ether oxygens (including phenoxy) is 1. The number of hydrogen-bond donors (Lipinski definition) is 1. The molecule has 4 nitrogen and oxygen atoms in total. The average molecular weight is 375 g/mol. The molecule has 0 unspecified atom stereocenters. The summed E-state index contributed by atoms with van der Waals surface area (Å²) in [5, 5.41) is 2.91. The maximum Gasteiger partial charge on any atom is 0.348 e. The molecule has 2 aromatic carbocycles. The highest BCUT2D eigenvalue weighted by atomic mass is 32.1. The SMILES string of the molecule is O=C(COC(=O)c1cc2c(F)cccc2s1)NCCc1ccccc1F. The van der Waals surface area contributed by atoms with Crippen molar-refractivity contribution in [3.05, 3.63) is 70.6 Å². The van der Waals surface area contributed by atoms with Crippen LogP contribution in [0.4, 0.5) is 8.78 Å². The Labute approximate surface area is 152 Å². The van der Waals surface area contributed by atoms with Crippen molar-refractivity contribution >= 4 is 33.3 Å². The number of amides is 1. The van der Waals surface area contributed by atoms with Crippen LogP contribution in [-0.2, 0) is 16.0 Å². The maximum absolute atomic E-state index is 13.6. The van der Waals surface area contributed by atoms with Gasteiger partial charge in [0.2, 0.25) is 0 Å². The number of rotatable bonds is 6. The van der Waals surface area contributed by atoms with Gasteiger partial charge in [-0.3, -0.25) is 4.79 Å². The molecule has 0 radical (unpaired) electrons. The van der Waals surface area contributed by atoms with Crippen LogP contribution in [0.15, 0.2) is 48.5 Å². The molecule has 0 atom stereocenters. The molecule has 0 spiro atoms. The smallest absolute Gasteiger partial charge is 0.348 e. The van der Waals surface area contributed by atoms with Crippen LogP contribution in [-0.4, -0.2) is 25.0 Å². The van der Waals surface area contributed by atoms with E-state index in [9.17, 15) is 18.4 Å². The predicted octanol–water partition coefficient (Wildman–Crippen LogP) is 3.70. The first kappa shape index (κ1) is 18.0. The van der Waals surface area contributed by atoms with Crippen molar-refractivity contribution in [2.75, 3.05) is 13.2 Å². The monoisotopic (exact) mass is 375 g/mol. The molecular formula is C19H15F2NO3S. The highest BCUT2D eigenvalue weighted by molar-refractivity contribution is 7.20. The van der Waals surface area contributed by atoms with E-state index in [0.717, 1.165) is 11.3 Å². The summed E-state index contributed by atoms with van der Waals surface area (Å²) in [5.74, 6) is -1.91. The van der Waals surface area contributed by atoms with E-state index in [0.29, 0.717) is 22.1 Å². The fourth-order valence-corrected chi connectivity index (χ4v) is 3.39. The summed E-state index contributed by atoms with van der Waals surface area (Å²) in [5.41, 5.74) is 0.497. The van der Waals surface area contributed by atoms with E-state index in [1.807, 2.05) is 0 Å². The third-order valence-electron chi connectivity index (χ3n) is 3.72. The van der Waals surface area contributed by atoms with E-state index in [1.165, 1.54) is 18.2 Å². The van der Waals surface area contributed by atoms with Gasteiger partial charge in [0.05, 0.1) is 0 Å². The molecule has 3 aromatic rings. The summed E-state index contributed by atoms with van der Waals surface area (Å²) in [7, 11) is 0. The topological polar surface area (TPSA) is 55.4 Å². The Hall–Kier alpha value is -2.80. The highest BCUT2D eigenvalue weighted by Crippen LogP contribution is 2.28. The summed E-state index contributed by atoms with van der Waals surface area (Å²) in [6.45, 7) is -0.224. The van der Waals surface area contributed by atoms with Gasteiger partial charge in [-0.1, -0.05) is 24.3 Å². The Balaban J connectivity index is 1.48. The number of thiophene rings is 1. The first-order valence-corrected chi connectivity index (χ1v) is 8.71. The van der Waals surface area contributed by atoms with E-state index < -0.39 is 24.3 Å². The minimum Gasteiger partial charge on any atom is -0.451 e. The van der Waals surface area contributed by atoms with Crippen molar-refractivity contribution in [2.24, 2.45) is 0 Å². The Morgan fingerprint density at radius 3 is 2.58 bits per heavy atom. The van der Waals surface area contributed by atoms with E-state index in [-0.39, 0.29) is 17.2 Å². The summed E-state index contributed by atoms with van der Waals surface area (Å²) in [4.78, 5) is 24.0. The quantitative estimate of drug-likeness (QED) is 0.669. The second-order valence-electron chi connectivity index (χ2n) is 5.53. The van der Waals surface area contributed by atoms with Gasteiger partial charge in [-0.05, 0) is 36.2 Å². The molecule has 1 aromatic heterocycles. The second kappa shape index (κ2) is 8.05. The molecule has 1 amide bonds. The first-order chi connectivity index (χ1) is 12.5. The first-order valence-electron chi connectivity index (χ1n) is 7.90. The van der Waals surface area contributed by atoms with Gasteiger partial charge >= 0.3 is 5.97 Å². The zero-order chi connectivity index (χ0) is 18.5. The van der Waals surface area contributed by atoms with E-state index in [1.54, 1.807) is 30.3 Å². The highest BCUT2D eigenvalue weighted by Gasteiger charge is 2.15. The number of carbonyl (C=O) groups is 2. The van der Waals surface area contributed by atoms with Crippen molar-refractivity contribution in [3.8, 4) is 0 Å². The van der Waals surface area contributed by atoms with E-state index in [2.05, 4.69) is 5.32 Å². The van der Waals surface area contributed by atoms with Gasteiger partial charge in [0.15, 0.2) is 6.61 Å². The third-order valence-corrected chi connectivity index (χ3v) is 4.80. The molecule has 26 heavy (non-hydrogen) atoms. The Morgan fingerprint density at radius 1 is 1.04 bits per heavy atom. The minimum atomic E-state index is -0.685. The number of carbonyl (C=O) groups excluding carboxylic acids is 2. The normalized spacial score (nSPS) is 10.7. The number of fused-ring (bicyclic) bond motifs is 1. The lowest BCUT2D eigenvalue weighted by atomic mass is 10.1. The van der Waals surface area contributed by atoms with Crippen molar-refractivity contribution in [1.82, 2.24) is 5.32 Å². The van der Waals surface area contributed by atoms with Crippen LogP contribution in [0, 0.1) is 11.6 Å². The Bertz CT molecular complexity index is 955. The van der Waals surface area contributed by atoms with Gasteiger partial charge in [-0.15, -0.1) is 11.3 Å². The van der Waals surface area contributed by atoms with Crippen LogP contribution in [0.2, 0.25) is 0 Å². The van der Waals surface area contributed by atoms with Gasteiger partial charge in [-0.25, -0.2) is 13.6 Å². The van der Waals surface area contributed by atoms with Crippen molar-refractivity contribution in [3.63, 3.8) is 0 Å². The molecule has 1 heterocycles. The molecule has 0 aliphatic carbocycles. The van der Waals surface area contributed by atoms with Gasteiger partial charge in [-0.2, -0.15) is 0 Å². The van der Waals surface area contributed by atoms with Crippen molar-refractivity contribution < 1.29 is 23.1 Å². The molecule has 1 N–H and O–H groups in total. The van der Waals surface area contributed by atoms with Gasteiger partial charge in [0.1, 0.15) is 16.5 Å². The van der Waals surface area contributed by atoms with Gasteiger partial charge in [0.25, 0.3) is 5.91 Å². The Morgan fingerprint density at radius 2 is 1.81 bits per heavy atom. The Kier molecular flexibility index (Phi) is 5.58. The van der Waals surface area contributed by atoms with E-state index in [4.69, 9.17) is 4.74 Å². The minimum absolute atomic E-state index is 0.226. The molecule has 3 rings (SSSR count). The molecule has 7 heteroatoms. The molecule has 0 fully saturated rings. The van der Waals surface area contributed by atoms with Gasteiger partial charge in [0, 0.05) is 16.6 Å². The second-order valence-corrected chi connectivity index (χ2v) is 6.61. The number of hydrogen-bond acceptors (Lipinski definition) is 4. The third kappa shape index (κ3) is 4.23. The number of benzene rings is 2. The molecular weight excluding hydrogens is 360 g/mol. The predicted molar refractivity (Wildman–Crippen MR) is 95.2 cm³/mol. The summed E-state index contributed by atoms with van der Waals surface area (Å²) in [6, 6.07) is 12.3. The van der Waals surface area contributed by atoms with E-state index >= 15 is 0 Å². The standard InChI is InChI=1S/C19H15F2NO3S/c20-14-5-2-1-4-12(14)8-9-22-18(23)11-25-19(24)17-10-13-15(21)6-3-7-16(13)26-17/h1-7,10H,8-9,11H2,(H,22,23). The largest absolute Gasteiger partial charge is 0.451 e. The summed E-state index contributed by atoms with van der Waals surface area (Å²) in [6.07, 6.45) is 0.335. The van der Waals surface area contributed by atoms with Crippen LogP contribution in [0.25, 0.3) is 10.1 Å². The van der Waals surface area contributed by atoms with Crippen LogP contribution >= 0.6 is 11.3 Å². The zero-order valence-electron chi connectivity index (χ0n) is 13.6. The lowest BCUT2D eigenvalue weighted by Crippen LogP contribution is -2.30. The lowest BCUT2D eigenvalue weighted by Gasteiger charge is -2.06. The molecule has 0 aliphatic rings. The zero-order valence-corrected chi connectivity index (χ0v) is 14.4. The average Bonchev–Trinajstić information content (AvgIpc) is 3.07. The molecule has 0 saturated heterocycles. The van der Waals surface area contributed by atoms with Crippen LogP contribution in [0.3, 0.4) is 0 Å². The molecule has 0 saturated carbocycles. The maximum atomic E-state index is 13.6. The van der Waals surface area contributed by atoms with Crippen molar-refractivity contribution in [2.45, 2.75) is 6.42 Å².